The zero-order chi connectivity index (χ0) is 19.4. The van der Waals surface area contributed by atoms with Crippen LogP contribution in [0.3, 0.4) is 0 Å². The fourth-order valence-electron chi connectivity index (χ4n) is 2.35. The van der Waals surface area contributed by atoms with Crippen LogP contribution in [0.1, 0.15) is 15.9 Å². The third-order valence-corrected chi connectivity index (χ3v) is 3.60. The molecular weight excluding hydrogens is 362 g/mol. The number of rotatable bonds is 4. The predicted molar refractivity (Wildman–Crippen MR) is 93.3 cm³/mol. The molecule has 0 radical (unpaired) electrons. The van der Waals surface area contributed by atoms with Gasteiger partial charge in [0, 0.05) is 5.56 Å². The highest BCUT2D eigenvalue weighted by atomic mass is 19.4. The molecule has 2 aromatic carbocycles. The Morgan fingerprint density at radius 1 is 0.963 bits per heavy atom. The van der Waals surface area contributed by atoms with Gasteiger partial charge in [0.15, 0.2) is 0 Å². The topological polar surface area (TPSA) is 54.0 Å². The van der Waals surface area contributed by atoms with Gasteiger partial charge >= 0.3 is 6.18 Å². The van der Waals surface area contributed by atoms with E-state index in [4.69, 9.17) is 0 Å². The summed E-state index contributed by atoms with van der Waals surface area (Å²) < 4.78 is 52.2. The van der Waals surface area contributed by atoms with Crippen LogP contribution in [0.2, 0.25) is 0 Å². The Labute approximate surface area is 151 Å². The monoisotopic (exact) mass is 375 g/mol. The number of aromatic nitrogens is 1. The van der Waals surface area contributed by atoms with Crippen LogP contribution < -0.4 is 10.6 Å². The molecule has 0 atom stereocenters. The zero-order valence-electron chi connectivity index (χ0n) is 13.7. The summed E-state index contributed by atoms with van der Waals surface area (Å²) in [7, 11) is 0. The molecule has 8 heteroatoms. The Bertz CT molecular complexity index is 956. The maximum absolute atomic E-state index is 13.2. The van der Waals surface area contributed by atoms with Gasteiger partial charge < -0.3 is 10.6 Å². The molecule has 1 aromatic heterocycles. The summed E-state index contributed by atoms with van der Waals surface area (Å²) in [5.74, 6) is -0.914. The molecule has 27 heavy (non-hydrogen) atoms. The fraction of sp³-hybridized carbons (Fsp3) is 0.0526. The van der Waals surface area contributed by atoms with Crippen LogP contribution in [0.4, 0.5) is 34.8 Å². The van der Waals surface area contributed by atoms with E-state index in [-0.39, 0.29) is 17.1 Å². The molecule has 3 rings (SSSR count). The number of nitrogens with one attached hydrogen (secondary N) is 2. The summed E-state index contributed by atoms with van der Waals surface area (Å²) in [4.78, 5) is 16.0. The van der Waals surface area contributed by atoms with E-state index in [1.165, 1.54) is 54.7 Å². The average molecular weight is 375 g/mol. The van der Waals surface area contributed by atoms with Gasteiger partial charge in [0.05, 0.1) is 23.1 Å². The van der Waals surface area contributed by atoms with E-state index in [1.54, 1.807) is 0 Å². The van der Waals surface area contributed by atoms with Gasteiger partial charge in [-0.3, -0.25) is 4.79 Å². The van der Waals surface area contributed by atoms with Crippen LogP contribution in [0.15, 0.2) is 66.9 Å². The minimum Gasteiger partial charge on any atom is -0.354 e. The Morgan fingerprint density at radius 3 is 2.41 bits per heavy atom. The van der Waals surface area contributed by atoms with E-state index < -0.39 is 23.5 Å². The summed E-state index contributed by atoms with van der Waals surface area (Å²) in [6.07, 6.45) is -3.20. The van der Waals surface area contributed by atoms with Crippen molar-refractivity contribution in [1.29, 1.82) is 0 Å². The lowest BCUT2D eigenvalue weighted by molar-refractivity contribution is -0.136. The molecule has 0 unspecified atom stereocenters. The van der Waals surface area contributed by atoms with Crippen molar-refractivity contribution in [2.24, 2.45) is 0 Å². The standard InChI is InChI=1S/C19H13F4N3O/c20-13-5-3-4-12(10-13)18(27)26-17-9-8-14(11-24-17)25-16-7-2-1-6-15(16)19(21,22)23/h1-11,25H,(H,24,26,27). The number of hydrogen-bond acceptors (Lipinski definition) is 3. The molecule has 2 N–H and O–H groups in total. The van der Waals surface area contributed by atoms with Crippen LogP contribution in [0.25, 0.3) is 0 Å². The van der Waals surface area contributed by atoms with Gasteiger partial charge in [-0.1, -0.05) is 18.2 Å². The normalized spacial score (nSPS) is 11.1. The second-order valence-corrected chi connectivity index (χ2v) is 5.56. The van der Waals surface area contributed by atoms with Gasteiger partial charge in [0.1, 0.15) is 11.6 Å². The van der Waals surface area contributed by atoms with Crippen molar-refractivity contribution < 1.29 is 22.4 Å². The summed E-state index contributed by atoms with van der Waals surface area (Å²) in [6.45, 7) is 0. The predicted octanol–water partition coefficient (Wildman–Crippen LogP) is 5.24. The largest absolute Gasteiger partial charge is 0.418 e. The number of anilines is 3. The molecule has 0 saturated heterocycles. The first-order chi connectivity index (χ1) is 12.8. The molecule has 0 aliphatic heterocycles. The molecule has 0 aliphatic rings. The number of pyridine rings is 1. The lowest BCUT2D eigenvalue weighted by Gasteiger charge is -2.14. The van der Waals surface area contributed by atoms with Crippen LogP contribution in [0.5, 0.6) is 0 Å². The summed E-state index contributed by atoms with van der Waals surface area (Å²) >= 11 is 0. The highest BCUT2D eigenvalue weighted by Gasteiger charge is 2.33. The number of amides is 1. The molecule has 0 saturated carbocycles. The molecule has 0 spiro atoms. The van der Waals surface area contributed by atoms with E-state index in [0.29, 0.717) is 5.69 Å². The van der Waals surface area contributed by atoms with Crippen molar-refractivity contribution >= 4 is 23.1 Å². The fourth-order valence-corrected chi connectivity index (χ4v) is 2.35. The number of hydrogen-bond donors (Lipinski definition) is 2. The summed E-state index contributed by atoms with van der Waals surface area (Å²) in [5, 5.41) is 5.14. The molecule has 0 bridgehead atoms. The van der Waals surface area contributed by atoms with Crippen molar-refractivity contribution in [3.63, 3.8) is 0 Å². The number of nitrogens with zero attached hydrogens (tertiary/aromatic N) is 1. The maximum Gasteiger partial charge on any atom is 0.418 e. The van der Waals surface area contributed by atoms with Gasteiger partial charge in [-0.2, -0.15) is 13.2 Å². The van der Waals surface area contributed by atoms with Gasteiger partial charge in [0.2, 0.25) is 0 Å². The van der Waals surface area contributed by atoms with E-state index in [2.05, 4.69) is 15.6 Å². The Balaban J connectivity index is 1.72. The number of halogens is 4. The SMILES string of the molecule is O=C(Nc1ccc(Nc2ccccc2C(F)(F)F)cn1)c1cccc(F)c1. The van der Waals surface area contributed by atoms with Gasteiger partial charge in [-0.25, -0.2) is 9.37 Å². The van der Waals surface area contributed by atoms with E-state index in [0.717, 1.165) is 12.1 Å². The third-order valence-electron chi connectivity index (χ3n) is 3.60. The first-order valence-electron chi connectivity index (χ1n) is 7.79. The van der Waals surface area contributed by atoms with Crippen LogP contribution in [0, 0.1) is 5.82 Å². The lowest BCUT2D eigenvalue weighted by Crippen LogP contribution is -2.13. The molecule has 138 valence electrons. The van der Waals surface area contributed by atoms with Crippen molar-refractivity contribution in [2.45, 2.75) is 6.18 Å². The second kappa shape index (κ2) is 7.45. The molecular formula is C19H13F4N3O. The summed E-state index contributed by atoms with van der Waals surface area (Å²) in [5.41, 5.74) is -0.467. The molecule has 0 aliphatic carbocycles. The van der Waals surface area contributed by atoms with Crippen LogP contribution in [-0.4, -0.2) is 10.9 Å². The minimum absolute atomic E-state index is 0.108. The van der Waals surface area contributed by atoms with E-state index in [1.807, 2.05) is 0 Å². The first kappa shape index (κ1) is 18.4. The molecule has 1 heterocycles. The number of alkyl halides is 3. The van der Waals surface area contributed by atoms with Gasteiger partial charge in [-0.15, -0.1) is 0 Å². The minimum atomic E-state index is -4.49. The van der Waals surface area contributed by atoms with Crippen molar-refractivity contribution in [3.8, 4) is 0 Å². The van der Waals surface area contributed by atoms with E-state index >= 15 is 0 Å². The van der Waals surface area contributed by atoms with E-state index in [9.17, 15) is 22.4 Å². The molecule has 3 aromatic rings. The van der Waals surface area contributed by atoms with Crippen molar-refractivity contribution in [3.05, 3.63) is 83.8 Å². The number of carbonyl (C=O) groups is 1. The zero-order valence-corrected chi connectivity index (χ0v) is 13.7. The average Bonchev–Trinajstić information content (AvgIpc) is 2.63. The first-order valence-corrected chi connectivity index (χ1v) is 7.79. The lowest BCUT2D eigenvalue weighted by atomic mass is 10.1. The molecule has 0 fully saturated rings. The highest BCUT2D eigenvalue weighted by Crippen LogP contribution is 2.35. The Kier molecular flexibility index (Phi) is 5.07. The van der Waals surface area contributed by atoms with Crippen LogP contribution >= 0.6 is 0 Å². The van der Waals surface area contributed by atoms with Crippen LogP contribution in [-0.2, 0) is 6.18 Å². The van der Waals surface area contributed by atoms with Gasteiger partial charge in [0.25, 0.3) is 5.91 Å². The highest BCUT2D eigenvalue weighted by molar-refractivity contribution is 6.03. The smallest absolute Gasteiger partial charge is 0.354 e. The quantitative estimate of drug-likeness (QED) is 0.614. The molecule has 4 nitrogen and oxygen atoms in total. The third kappa shape index (κ3) is 4.60. The second-order valence-electron chi connectivity index (χ2n) is 5.56. The number of para-hydroxylation sites is 1. The van der Waals surface area contributed by atoms with Crippen molar-refractivity contribution in [2.75, 3.05) is 10.6 Å². The van der Waals surface area contributed by atoms with Gasteiger partial charge in [-0.05, 0) is 42.5 Å². The number of benzene rings is 2. The summed E-state index contributed by atoms with van der Waals surface area (Å²) in [6, 6.07) is 13.1. The Morgan fingerprint density at radius 2 is 1.74 bits per heavy atom. The Hall–Kier alpha value is -3.42. The molecule has 1 amide bonds. The maximum atomic E-state index is 13.2. The number of carbonyl (C=O) groups excluding carboxylic acids is 1. The van der Waals surface area contributed by atoms with Crippen molar-refractivity contribution in [1.82, 2.24) is 4.98 Å².